The predicted octanol–water partition coefficient (Wildman–Crippen LogP) is 2.66. The van der Waals surface area contributed by atoms with Crippen molar-refractivity contribution in [1.82, 2.24) is 15.5 Å². The Morgan fingerprint density at radius 2 is 2.14 bits per heavy atom. The van der Waals surface area contributed by atoms with E-state index in [0.717, 1.165) is 30.8 Å². The first-order valence-corrected chi connectivity index (χ1v) is 7.42. The van der Waals surface area contributed by atoms with Crippen LogP contribution in [0.3, 0.4) is 0 Å². The number of hydrogen-bond donors (Lipinski definition) is 1. The van der Waals surface area contributed by atoms with Crippen molar-refractivity contribution >= 4 is 0 Å². The molecular formula is C16H21N3O2. The van der Waals surface area contributed by atoms with Crippen molar-refractivity contribution < 1.29 is 9.26 Å². The molecule has 1 aromatic heterocycles. The third-order valence-corrected chi connectivity index (χ3v) is 4.00. The van der Waals surface area contributed by atoms with E-state index < -0.39 is 0 Å². The summed E-state index contributed by atoms with van der Waals surface area (Å²) in [6.07, 6.45) is 1.79. The molecule has 1 N–H and O–H groups in total. The molecule has 3 unspecified atom stereocenters. The van der Waals surface area contributed by atoms with Crippen LogP contribution in [-0.4, -0.2) is 29.8 Å². The van der Waals surface area contributed by atoms with E-state index in [1.54, 1.807) is 7.11 Å². The maximum absolute atomic E-state index is 5.55. The highest BCUT2D eigenvalue weighted by molar-refractivity contribution is 5.22. The number of piperidine rings is 1. The highest BCUT2D eigenvalue weighted by atomic mass is 16.5. The van der Waals surface area contributed by atoms with Gasteiger partial charge < -0.3 is 14.6 Å². The first-order valence-electron chi connectivity index (χ1n) is 7.42. The maximum atomic E-state index is 5.55. The van der Waals surface area contributed by atoms with Crippen LogP contribution in [0.1, 0.15) is 49.1 Å². The first kappa shape index (κ1) is 14.2. The number of nitrogens with one attached hydrogen (secondary N) is 1. The van der Waals surface area contributed by atoms with E-state index >= 15 is 0 Å². The Morgan fingerprint density at radius 1 is 1.33 bits per heavy atom. The molecule has 1 fully saturated rings. The summed E-state index contributed by atoms with van der Waals surface area (Å²) in [5.41, 5.74) is 1.03. The summed E-state index contributed by atoms with van der Waals surface area (Å²) < 4.78 is 11.0. The summed E-state index contributed by atoms with van der Waals surface area (Å²) in [5, 5.41) is 7.57. The smallest absolute Gasteiger partial charge is 0.229 e. The van der Waals surface area contributed by atoms with Gasteiger partial charge >= 0.3 is 0 Å². The summed E-state index contributed by atoms with van der Waals surface area (Å²) >= 11 is 0. The summed E-state index contributed by atoms with van der Waals surface area (Å²) in [6.45, 7) is 3.18. The molecule has 1 aliphatic heterocycles. The fourth-order valence-corrected chi connectivity index (χ4v) is 2.89. The highest BCUT2D eigenvalue weighted by Gasteiger charge is 2.27. The second kappa shape index (κ2) is 6.37. The van der Waals surface area contributed by atoms with Crippen LogP contribution in [-0.2, 0) is 4.74 Å². The van der Waals surface area contributed by atoms with Crippen molar-refractivity contribution in [3.63, 3.8) is 0 Å². The lowest BCUT2D eigenvalue weighted by Crippen LogP contribution is -2.34. The molecule has 1 aromatic carbocycles. The number of benzene rings is 1. The summed E-state index contributed by atoms with van der Waals surface area (Å²) in [6, 6.07) is 10.5. The van der Waals surface area contributed by atoms with Gasteiger partial charge in [0.1, 0.15) is 6.10 Å². The highest BCUT2D eigenvalue weighted by Crippen LogP contribution is 2.29. The Kier molecular flexibility index (Phi) is 4.31. The zero-order valence-corrected chi connectivity index (χ0v) is 12.5. The quantitative estimate of drug-likeness (QED) is 0.936. The van der Waals surface area contributed by atoms with Crippen molar-refractivity contribution in [3.8, 4) is 0 Å². The van der Waals surface area contributed by atoms with E-state index in [2.05, 4.69) is 22.4 Å². The monoisotopic (exact) mass is 287 g/mol. The molecule has 5 nitrogen and oxygen atoms in total. The van der Waals surface area contributed by atoms with E-state index in [-0.39, 0.29) is 6.10 Å². The molecule has 1 saturated heterocycles. The van der Waals surface area contributed by atoms with Crippen LogP contribution in [0.25, 0.3) is 0 Å². The molecule has 0 amide bonds. The van der Waals surface area contributed by atoms with E-state index in [1.807, 2.05) is 30.3 Å². The average Bonchev–Trinajstić information content (AvgIpc) is 2.99. The Labute approximate surface area is 124 Å². The number of aromatic nitrogens is 2. The Balaban J connectivity index is 1.80. The van der Waals surface area contributed by atoms with Crippen molar-refractivity contribution in [2.24, 2.45) is 0 Å². The molecule has 0 radical (unpaired) electrons. The maximum Gasteiger partial charge on any atom is 0.229 e. The van der Waals surface area contributed by atoms with Crippen LogP contribution in [0.5, 0.6) is 0 Å². The van der Waals surface area contributed by atoms with Gasteiger partial charge in [0.15, 0.2) is 0 Å². The molecule has 5 heteroatoms. The number of nitrogens with zero attached hydrogens (tertiary/aromatic N) is 2. The third kappa shape index (κ3) is 3.14. The van der Waals surface area contributed by atoms with Crippen LogP contribution in [0.2, 0.25) is 0 Å². The average molecular weight is 287 g/mol. The van der Waals surface area contributed by atoms with Crippen LogP contribution >= 0.6 is 0 Å². The first-order chi connectivity index (χ1) is 10.3. The van der Waals surface area contributed by atoms with Gasteiger partial charge in [-0.15, -0.1) is 0 Å². The molecule has 1 aliphatic rings. The molecule has 0 saturated carbocycles. The van der Waals surface area contributed by atoms with Gasteiger partial charge in [0.2, 0.25) is 11.7 Å². The van der Waals surface area contributed by atoms with Crippen LogP contribution in [0.15, 0.2) is 34.9 Å². The normalized spacial score (nSPS) is 23.9. The summed E-state index contributed by atoms with van der Waals surface area (Å²) in [7, 11) is 1.67. The second-order valence-corrected chi connectivity index (χ2v) is 5.59. The minimum Gasteiger partial charge on any atom is -0.369 e. The fourth-order valence-electron chi connectivity index (χ4n) is 2.89. The van der Waals surface area contributed by atoms with Gasteiger partial charge in [-0.2, -0.15) is 4.98 Å². The molecule has 0 bridgehead atoms. The lowest BCUT2D eigenvalue weighted by atomic mass is 9.93. The fraction of sp³-hybridized carbons (Fsp3) is 0.500. The van der Waals surface area contributed by atoms with Crippen molar-refractivity contribution in [2.45, 2.75) is 37.8 Å². The van der Waals surface area contributed by atoms with Gasteiger partial charge in [-0.25, -0.2) is 0 Å². The molecular weight excluding hydrogens is 266 g/mol. The van der Waals surface area contributed by atoms with Gasteiger partial charge in [0.05, 0.1) is 0 Å². The van der Waals surface area contributed by atoms with E-state index in [0.29, 0.717) is 17.8 Å². The van der Waals surface area contributed by atoms with Gasteiger partial charge in [-0.3, -0.25) is 0 Å². The standard InChI is InChI=1S/C16H21N3O2/c1-11-10-13(8-9-17-11)16-18-15(19-21-16)14(20-2)12-6-4-3-5-7-12/h3-7,11,13-14,17H,8-10H2,1-2H3. The topological polar surface area (TPSA) is 60.2 Å². The van der Waals surface area contributed by atoms with Crippen LogP contribution in [0.4, 0.5) is 0 Å². The number of ether oxygens (including phenoxy) is 1. The molecule has 2 aromatic rings. The molecule has 21 heavy (non-hydrogen) atoms. The SMILES string of the molecule is COC(c1ccccc1)c1noc(C2CCNC(C)C2)n1. The number of hydrogen-bond acceptors (Lipinski definition) is 5. The van der Waals surface area contributed by atoms with Gasteiger partial charge in [0.25, 0.3) is 0 Å². The zero-order chi connectivity index (χ0) is 14.7. The van der Waals surface area contributed by atoms with E-state index in [9.17, 15) is 0 Å². The molecule has 0 aliphatic carbocycles. The van der Waals surface area contributed by atoms with Crippen LogP contribution < -0.4 is 5.32 Å². The lowest BCUT2D eigenvalue weighted by Gasteiger charge is -2.25. The number of methoxy groups -OCH3 is 1. The van der Waals surface area contributed by atoms with Crippen molar-refractivity contribution in [3.05, 3.63) is 47.6 Å². The van der Waals surface area contributed by atoms with Crippen LogP contribution in [0, 0.1) is 0 Å². The molecule has 0 spiro atoms. The third-order valence-electron chi connectivity index (χ3n) is 4.00. The predicted molar refractivity (Wildman–Crippen MR) is 79.0 cm³/mol. The molecule has 2 heterocycles. The Bertz CT molecular complexity index is 570. The summed E-state index contributed by atoms with van der Waals surface area (Å²) in [5.74, 6) is 1.68. The Hall–Kier alpha value is -1.72. The van der Waals surface area contributed by atoms with Crippen molar-refractivity contribution in [2.75, 3.05) is 13.7 Å². The number of rotatable bonds is 4. The summed E-state index contributed by atoms with van der Waals surface area (Å²) in [4.78, 5) is 4.59. The molecule has 3 atom stereocenters. The van der Waals surface area contributed by atoms with Gasteiger partial charge in [-0.05, 0) is 31.9 Å². The Morgan fingerprint density at radius 3 is 2.86 bits per heavy atom. The minimum absolute atomic E-state index is 0.275. The van der Waals surface area contributed by atoms with E-state index in [4.69, 9.17) is 9.26 Å². The minimum atomic E-state index is -0.275. The van der Waals surface area contributed by atoms with Gasteiger partial charge in [-0.1, -0.05) is 35.5 Å². The van der Waals surface area contributed by atoms with Gasteiger partial charge in [0, 0.05) is 19.1 Å². The lowest BCUT2D eigenvalue weighted by molar-refractivity contribution is 0.126. The zero-order valence-electron chi connectivity index (χ0n) is 12.5. The largest absolute Gasteiger partial charge is 0.369 e. The molecule has 112 valence electrons. The van der Waals surface area contributed by atoms with Crippen molar-refractivity contribution in [1.29, 1.82) is 0 Å². The molecule has 3 rings (SSSR count). The van der Waals surface area contributed by atoms with E-state index in [1.165, 1.54) is 0 Å². The second-order valence-electron chi connectivity index (χ2n) is 5.59.